The molecule has 0 aliphatic rings. The van der Waals surface area contributed by atoms with E-state index in [1.807, 2.05) is 42.5 Å². The van der Waals surface area contributed by atoms with Crippen molar-refractivity contribution in [2.45, 2.75) is 38.2 Å². The van der Waals surface area contributed by atoms with Crippen LogP contribution in [0.1, 0.15) is 37.7 Å². The lowest BCUT2D eigenvalue weighted by Crippen LogP contribution is -2.05. The van der Waals surface area contributed by atoms with Gasteiger partial charge in [0.05, 0.1) is 6.10 Å². The Morgan fingerprint density at radius 2 is 1.94 bits per heavy atom. The number of benzene rings is 1. The monoisotopic (exact) mass is 248 g/mol. The highest BCUT2D eigenvalue weighted by Crippen LogP contribution is 2.09. The number of hydrogen-bond acceptors (Lipinski definition) is 2. The second kappa shape index (κ2) is 8.48. The SMILES string of the molecule is O=C(O)CCCCC(O)C/C=C/c1ccccc1. The van der Waals surface area contributed by atoms with Crippen LogP contribution in [0.4, 0.5) is 0 Å². The van der Waals surface area contributed by atoms with Gasteiger partial charge in [0.2, 0.25) is 0 Å². The standard InChI is InChI=1S/C15H20O3/c16-14(10-4-5-12-15(17)18)11-6-9-13-7-2-1-3-8-13/h1-3,6-9,14,16H,4-5,10-12H2,(H,17,18)/b9-6+. The van der Waals surface area contributed by atoms with E-state index < -0.39 is 5.97 Å². The maximum atomic E-state index is 10.3. The molecule has 0 saturated heterocycles. The quantitative estimate of drug-likeness (QED) is 0.695. The maximum Gasteiger partial charge on any atom is 0.303 e. The Hall–Kier alpha value is -1.61. The average Bonchev–Trinajstić information content (AvgIpc) is 2.36. The number of carboxylic acids is 1. The summed E-state index contributed by atoms with van der Waals surface area (Å²) in [5, 5.41) is 18.2. The molecule has 0 saturated carbocycles. The molecule has 0 fully saturated rings. The number of carboxylic acid groups (broad SMARTS) is 1. The summed E-state index contributed by atoms with van der Waals surface area (Å²) in [5.74, 6) is -0.770. The molecule has 1 aromatic carbocycles. The summed E-state index contributed by atoms with van der Waals surface area (Å²) in [6.45, 7) is 0. The zero-order valence-corrected chi connectivity index (χ0v) is 10.5. The van der Waals surface area contributed by atoms with Crippen LogP contribution in [0, 0.1) is 0 Å². The predicted octanol–water partition coefficient (Wildman–Crippen LogP) is 3.10. The first-order valence-electron chi connectivity index (χ1n) is 6.30. The van der Waals surface area contributed by atoms with Gasteiger partial charge in [0.1, 0.15) is 0 Å². The normalized spacial score (nSPS) is 12.7. The zero-order chi connectivity index (χ0) is 13.2. The van der Waals surface area contributed by atoms with E-state index in [9.17, 15) is 9.90 Å². The molecule has 3 nitrogen and oxygen atoms in total. The summed E-state index contributed by atoms with van der Waals surface area (Å²) in [6, 6.07) is 9.93. The highest BCUT2D eigenvalue weighted by molar-refractivity contribution is 5.66. The molecule has 0 aliphatic heterocycles. The molecular formula is C15H20O3. The number of rotatable bonds is 8. The van der Waals surface area contributed by atoms with Crippen molar-refractivity contribution in [3.63, 3.8) is 0 Å². The Bertz CT molecular complexity index is 371. The Morgan fingerprint density at radius 1 is 1.22 bits per heavy atom. The van der Waals surface area contributed by atoms with Gasteiger partial charge in [0.15, 0.2) is 0 Å². The molecule has 1 atom stereocenters. The fourth-order valence-electron chi connectivity index (χ4n) is 1.70. The van der Waals surface area contributed by atoms with Crippen molar-refractivity contribution in [2.24, 2.45) is 0 Å². The van der Waals surface area contributed by atoms with E-state index in [1.165, 1.54) is 0 Å². The fourth-order valence-corrected chi connectivity index (χ4v) is 1.70. The number of hydrogen-bond donors (Lipinski definition) is 2. The van der Waals surface area contributed by atoms with Crippen molar-refractivity contribution in [1.29, 1.82) is 0 Å². The molecule has 18 heavy (non-hydrogen) atoms. The summed E-state index contributed by atoms with van der Waals surface area (Å²) in [6.07, 6.45) is 6.42. The summed E-state index contributed by atoms with van der Waals surface area (Å²) in [5.41, 5.74) is 1.12. The van der Waals surface area contributed by atoms with Gasteiger partial charge in [-0.15, -0.1) is 0 Å². The number of aliphatic hydroxyl groups is 1. The van der Waals surface area contributed by atoms with E-state index in [4.69, 9.17) is 5.11 Å². The predicted molar refractivity (Wildman–Crippen MR) is 72.2 cm³/mol. The third-order valence-corrected chi connectivity index (χ3v) is 2.70. The van der Waals surface area contributed by atoms with Gasteiger partial charge in [0, 0.05) is 6.42 Å². The lowest BCUT2D eigenvalue weighted by Gasteiger charge is -2.06. The van der Waals surface area contributed by atoms with Crippen LogP contribution >= 0.6 is 0 Å². The smallest absolute Gasteiger partial charge is 0.303 e. The van der Waals surface area contributed by atoms with E-state index >= 15 is 0 Å². The lowest BCUT2D eigenvalue weighted by atomic mass is 10.1. The molecule has 0 spiro atoms. The van der Waals surface area contributed by atoms with Gasteiger partial charge in [-0.2, -0.15) is 0 Å². The molecule has 0 amide bonds. The van der Waals surface area contributed by atoms with E-state index in [2.05, 4.69) is 0 Å². The van der Waals surface area contributed by atoms with Crippen LogP contribution in [0.25, 0.3) is 6.08 Å². The number of aliphatic carboxylic acids is 1. The Labute approximate surface area is 108 Å². The maximum absolute atomic E-state index is 10.3. The zero-order valence-electron chi connectivity index (χ0n) is 10.5. The summed E-state index contributed by atoms with van der Waals surface area (Å²) >= 11 is 0. The molecule has 1 rings (SSSR count). The van der Waals surface area contributed by atoms with Crippen LogP contribution in [0.5, 0.6) is 0 Å². The van der Waals surface area contributed by atoms with Crippen molar-refractivity contribution in [1.82, 2.24) is 0 Å². The second-order valence-corrected chi connectivity index (χ2v) is 4.34. The van der Waals surface area contributed by atoms with Gasteiger partial charge in [-0.3, -0.25) is 4.79 Å². The third kappa shape index (κ3) is 6.86. The van der Waals surface area contributed by atoms with E-state index in [0.29, 0.717) is 19.3 Å². The van der Waals surface area contributed by atoms with Crippen molar-refractivity contribution in [2.75, 3.05) is 0 Å². The van der Waals surface area contributed by atoms with Crippen molar-refractivity contribution in [3.8, 4) is 0 Å². The minimum Gasteiger partial charge on any atom is -0.481 e. The number of unbranched alkanes of at least 4 members (excludes halogenated alkanes) is 1. The Morgan fingerprint density at radius 3 is 2.61 bits per heavy atom. The molecule has 1 aromatic rings. The molecule has 0 radical (unpaired) electrons. The van der Waals surface area contributed by atoms with Gasteiger partial charge >= 0.3 is 5.97 Å². The van der Waals surface area contributed by atoms with Gasteiger partial charge in [-0.25, -0.2) is 0 Å². The molecule has 0 aromatic heterocycles. The first kappa shape index (κ1) is 14.5. The van der Waals surface area contributed by atoms with Crippen molar-refractivity contribution in [3.05, 3.63) is 42.0 Å². The van der Waals surface area contributed by atoms with Crippen LogP contribution in [0.2, 0.25) is 0 Å². The molecule has 0 aliphatic carbocycles. The van der Waals surface area contributed by atoms with Gasteiger partial charge < -0.3 is 10.2 Å². The topological polar surface area (TPSA) is 57.5 Å². The second-order valence-electron chi connectivity index (χ2n) is 4.34. The Kier molecular flexibility index (Phi) is 6.81. The van der Waals surface area contributed by atoms with E-state index in [0.717, 1.165) is 12.0 Å². The van der Waals surface area contributed by atoms with Gasteiger partial charge in [0.25, 0.3) is 0 Å². The van der Waals surface area contributed by atoms with Crippen LogP contribution in [-0.4, -0.2) is 22.3 Å². The van der Waals surface area contributed by atoms with Crippen LogP contribution < -0.4 is 0 Å². The Balaban J connectivity index is 2.15. The minimum atomic E-state index is -0.770. The third-order valence-electron chi connectivity index (χ3n) is 2.70. The lowest BCUT2D eigenvalue weighted by molar-refractivity contribution is -0.137. The molecule has 2 N–H and O–H groups in total. The minimum absolute atomic E-state index is 0.187. The van der Waals surface area contributed by atoms with Crippen LogP contribution in [0.15, 0.2) is 36.4 Å². The highest BCUT2D eigenvalue weighted by Gasteiger charge is 2.02. The summed E-state index contributed by atoms with van der Waals surface area (Å²) in [4.78, 5) is 10.3. The van der Waals surface area contributed by atoms with Crippen molar-refractivity contribution < 1.29 is 15.0 Å². The van der Waals surface area contributed by atoms with Crippen LogP contribution in [-0.2, 0) is 4.79 Å². The van der Waals surface area contributed by atoms with E-state index in [-0.39, 0.29) is 12.5 Å². The largest absolute Gasteiger partial charge is 0.481 e. The molecule has 0 heterocycles. The first-order chi connectivity index (χ1) is 8.68. The highest BCUT2D eigenvalue weighted by atomic mass is 16.4. The molecule has 3 heteroatoms. The van der Waals surface area contributed by atoms with Crippen LogP contribution in [0.3, 0.4) is 0 Å². The van der Waals surface area contributed by atoms with Gasteiger partial charge in [-0.1, -0.05) is 48.9 Å². The average molecular weight is 248 g/mol. The molecule has 1 unspecified atom stereocenters. The number of carbonyl (C=O) groups is 1. The number of aliphatic hydroxyl groups excluding tert-OH is 1. The van der Waals surface area contributed by atoms with E-state index in [1.54, 1.807) is 0 Å². The van der Waals surface area contributed by atoms with Gasteiger partial charge in [-0.05, 0) is 24.8 Å². The molecule has 98 valence electrons. The summed E-state index contributed by atoms with van der Waals surface area (Å²) < 4.78 is 0. The first-order valence-corrected chi connectivity index (χ1v) is 6.30. The van der Waals surface area contributed by atoms with Crippen molar-refractivity contribution >= 4 is 12.0 Å². The molecular weight excluding hydrogens is 228 g/mol. The molecule has 0 bridgehead atoms. The summed E-state index contributed by atoms with van der Waals surface area (Å²) in [7, 11) is 0. The fraction of sp³-hybridized carbons (Fsp3) is 0.400.